The van der Waals surface area contributed by atoms with Crippen LogP contribution < -0.4 is 5.32 Å². The van der Waals surface area contributed by atoms with E-state index in [0.29, 0.717) is 12.5 Å². The van der Waals surface area contributed by atoms with E-state index in [1.54, 1.807) is 0 Å². The maximum Gasteiger partial charge on any atom is 0.328 e. The minimum atomic E-state index is -1.10. The van der Waals surface area contributed by atoms with Gasteiger partial charge in [-0.2, -0.15) is 0 Å². The van der Waals surface area contributed by atoms with Crippen LogP contribution in [0.3, 0.4) is 0 Å². The van der Waals surface area contributed by atoms with Crippen molar-refractivity contribution in [3.05, 3.63) is 12.2 Å². The maximum atomic E-state index is 11.2. The Kier molecular flexibility index (Phi) is 5.69. The molecule has 0 radical (unpaired) electrons. The molecule has 5 nitrogen and oxygen atoms in total. The van der Waals surface area contributed by atoms with Gasteiger partial charge >= 0.3 is 5.97 Å². The molecular formula is C12H20N2O3. The molecule has 0 aliphatic carbocycles. The van der Waals surface area contributed by atoms with Crippen molar-refractivity contribution in [2.75, 3.05) is 26.7 Å². The van der Waals surface area contributed by atoms with Crippen LogP contribution in [0.5, 0.6) is 0 Å². The molecule has 17 heavy (non-hydrogen) atoms. The van der Waals surface area contributed by atoms with Crippen molar-refractivity contribution in [3.8, 4) is 0 Å². The molecule has 1 amide bonds. The summed E-state index contributed by atoms with van der Waals surface area (Å²) in [4.78, 5) is 23.7. The Morgan fingerprint density at radius 3 is 2.88 bits per heavy atom. The summed E-state index contributed by atoms with van der Waals surface area (Å²) >= 11 is 0. The van der Waals surface area contributed by atoms with Crippen molar-refractivity contribution in [1.29, 1.82) is 0 Å². The van der Waals surface area contributed by atoms with E-state index in [1.165, 1.54) is 12.8 Å². The van der Waals surface area contributed by atoms with Gasteiger partial charge in [0, 0.05) is 25.2 Å². The third-order valence-corrected chi connectivity index (χ3v) is 2.95. The summed E-state index contributed by atoms with van der Waals surface area (Å²) in [5.41, 5.74) is 0. The summed E-state index contributed by atoms with van der Waals surface area (Å²) in [6, 6.07) is 0. The fourth-order valence-electron chi connectivity index (χ4n) is 2.11. The average molecular weight is 240 g/mol. The van der Waals surface area contributed by atoms with Crippen LogP contribution in [0.1, 0.15) is 19.3 Å². The van der Waals surface area contributed by atoms with Crippen LogP contribution in [0.25, 0.3) is 0 Å². The first-order chi connectivity index (χ1) is 8.08. The van der Waals surface area contributed by atoms with Crippen LogP contribution in [-0.2, 0) is 9.59 Å². The van der Waals surface area contributed by atoms with Gasteiger partial charge in [-0.3, -0.25) is 4.79 Å². The standard InChI is InChI=1S/C12H20N2O3/c1-14-8-2-3-10(9-14)6-7-13-11(15)4-5-12(16)17/h4-5,10H,2-3,6-9H2,1H3,(H,13,15)(H,16,17)/b5-4+. The van der Waals surface area contributed by atoms with Crippen molar-refractivity contribution in [1.82, 2.24) is 10.2 Å². The predicted octanol–water partition coefficient (Wildman–Crippen LogP) is 0.475. The Bertz CT molecular complexity index is 302. The number of hydrogen-bond donors (Lipinski definition) is 2. The maximum absolute atomic E-state index is 11.2. The Morgan fingerprint density at radius 2 is 2.24 bits per heavy atom. The average Bonchev–Trinajstić information content (AvgIpc) is 2.26. The number of amides is 1. The molecule has 1 unspecified atom stereocenters. The lowest BCUT2D eigenvalue weighted by Gasteiger charge is -2.29. The SMILES string of the molecule is CN1CCCC(CCNC(=O)/C=C/C(=O)O)C1. The Labute approximate surface area is 101 Å². The van der Waals surface area contributed by atoms with E-state index >= 15 is 0 Å². The number of carbonyl (C=O) groups excluding carboxylic acids is 1. The van der Waals surface area contributed by atoms with Crippen LogP contribution in [0.4, 0.5) is 0 Å². The summed E-state index contributed by atoms with van der Waals surface area (Å²) in [7, 11) is 2.11. The molecule has 1 heterocycles. The number of nitrogens with one attached hydrogen (secondary N) is 1. The molecule has 0 aromatic carbocycles. The highest BCUT2D eigenvalue weighted by atomic mass is 16.4. The molecule has 0 bridgehead atoms. The van der Waals surface area contributed by atoms with Crippen LogP contribution in [0, 0.1) is 5.92 Å². The number of hydrogen-bond acceptors (Lipinski definition) is 3. The molecule has 1 aliphatic heterocycles. The molecular weight excluding hydrogens is 220 g/mol. The van der Waals surface area contributed by atoms with Crippen molar-refractivity contribution < 1.29 is 14.7 Å². The van der Waals surface area contributed by atoms with E-state index in [-0.39, 0.29) is 5.91 Å². The van der Waals surface area contributed by atoms with Gasteiger partial charge in [0.25, 0.3) is 0 Å². The van der Waals surface area contributed by atoms with Gasteiger partial charge in [0.1, 0.15) is 0 Å². The van der Waals surface area contributed by atoms with Crippen LogP contribution >= 0.6 is 0 Å². The highest BCUT2D eigenvalue weighted by Crippen LogP contribution is 2.17. The fourth-order valence-corrected chi connectivity index (χ4v) is 2.11. The monoisotopic (exact) mass is 240 g/mol. The Balaban J connectivity index is 2.14. The first-order valence-corrected chi connectivity index (χ1v) is 5.95. The third-order valence-electron chi connectivity index (χ3n) is 2.95. The van der Waals surface area contributed by atoms with E-state index in [9.17, 15) is 9.59 Å². The van der Waals surface area contributed by atoms with E-state index in [2.05, 4.69) is 17.3 Å². The van der Waals surface area contributed by atoms with Gasteiger partial charge in [0.15, 0.2) is 0 Å². The van der Waals surface area contributed by atoms with E-state index in [1.807, 2.05) is 0 Å². The summed E-state index contributed by atoms with van der Waals surface area (Å²) in [5, 5.41) is 11.0. The molecule has 1 rings (SSSR count). The van der Waals surface area contributed by atoms with Crippen molar-refractivity contribution >= 4 is 11.9 Å². The second-order valence-corrected chi connectivity index (χ2v) is 4.52. The minimum absolute atomic E-state index is 0.337. The molecule has 96 valence electrons. The lowest BCUT2D eigenvalue weighted by molar-refractivity contribution is -0.131. The smallest absolute Gasteiger partial charge is 0.328 e. The highest BCUT2D eigenvalue weighted by Gasteiger charge is 2.16. The van der Waals surface area contributed by atoms with Crippen LogP contribution in [-0.4, -0.2) is 48.6 Å². The van der Waals surface area contributed by atoms with E-state index < -0.39 is 5.97 Å². The molecule has 5 heteroatoms. The lowest BCUT2D eigenvalue weighted by Crippen LogP contribution is -2.34. The van der Waals surface area contributed by atoms with Gasteiger partial charge in [-0.15, -0.1) is 0 Å². The van der Waals surface area contributed by atoms with Gasteiger partial charge in [-0.25, -0.2) is 4.79 Å². The molecule has 0 aromatic heterocycles. The Hall–Kier alpha value is -1.36. The van der Waals surface area contributed by atoms with Crippen molar-refractivity contribution in [2.45, 2.75) is 19.3 Å². The summed E-state index contributed by atoms with van der Waals surface area (Å²) in [6.45, 7) is 2.85. The molecule has 0 spiro atoms. The summed E-state index contributed by atoms with van der Waals surface area (Å²) in [6.07, 6.45) is 5.29. The van der Waals surface area contributed by atoms with Gasteiger partial charge < -0.3 is 15.3 Å². The number of carboxylic acid groups (broad SMARTS) is 1. The quantitative estimate of drug-likeness (QED) is 0.686. The molecule has 1 fully saturated rings. The zero-order chi connectivity index (χ0) is 12.7. The van der Waals surface area contributed by atoms with Crippen molar-refractivity contribution in [2.24, 2.45) is 5.92 Å². The molecule has 1 saturated heterocycles. The zero-order valence-electron chi connectivity index (χ0n) is 10.2. The number of aliphatic carboxylic acids is 1. The summed E-state index contributed by atoms with van der Waals surface area (Å²) in [5.74, 6) is -0.803. The first-order valence-electron chi connectivity index (χ1n) is 5.95. The normalized spacial score (nSPS) is 21.6. The van der Waals surface area contributed by atoms with Crippen LogP contribution in [0.2, 0.25) is 0 Å². The van der Waals surface area contributed by atoms with Gasteiger partial charge in [0.05, 0.1) is 0 Å². The molecule has 1 aliphatic rings. The van der Waals surface area contributed by atoms with Crippen LogP contribution in [0.15, 0.2) is 12.2 Å². The number of rotatable bonds is 5. The predicted molar refractivity (Wildman–Crippen MR) is 64.6 cm³/mol. The molecule has 2 N–H and O–H groups in total. The van der Waals surface area contributed by atoms with Gasteiger partial charge in [0.2, 0.25) is 5.91 Å². The van der Waals surface area contributed by atoms with Gasteiger partial charge in [-0.1, -0.05) is 0 Å². The highest BCUT2D eigenvalue weighted by molar-refractivity contribution is 5.93. The second-order valence-electron chi connectivity index (χ2n) is 4.52. The second kappa shape index (κ2) is 7.06. The largest absolute Gasteiger partial charge is 0.478 e. The number of carboxylic acids is 1. The minimum Gasteiger partial charge on any atom is -0.478 e. The number of piperidine rings is 1. The molecule has 0 saturated carbocycles. The van der Waals surface area contributed by atoms with E-state index in [4.69, 9.17) is 5.11 Å². The molecule has 0 aromatic rings. The third kappa shape index (κ3) is 6.06. The number of nitrogens with zero attached hydrogens (tertiary/aromatic N) is 1. The number of carbonyl (C=O) groups is 2. The van der Waals surface area contributed by atoms with E-state index in [0.717, 1.165) is 31.7 Å². The van der Waals surface area contributed by atoms with Crippen molar-refractivity contribution in [3.63, 3.8) is 0 Å². The van der Waals surface area contributed by atoms with Gasteiger partial charge in [-0.05, 0) is 38.8 Å². The summed E-state index contributed by atoms with van der Waals surface area (Å²) < 4.78 is 0. The zero-order valence-corrected chi connectivity index (χ0v) is 10.2. The first kappa shape index (κ1) is 13.7. The number of likely N-dealkylation sites (tertiary alicyclic amines) is 1. The Morgan fingerprint density at radius 1 is 1.47 bits per heavy atom. The lowest BCUT2D eigenvalue weighted by atomic mass is 9.95. The molecule has 1 atom stereocenters. The topological polar surface area (TPSA) is 69.6 Å². The fraction of sp³-hybridized carbons (Fsp3) is 0.667.